The van der Waals surface area contributed by atoms with Crippen LogP contribution in [0, 0.1) is 0 Å². The highest BCUT2D eigenvalue weighted by Crippen LogP contribution is 2.30. The second-order valence-electron chi connectivity index (χ2n) is 4.97. The summed E-state index contributed by atoms with van der Waals surface area (Å²) in [6.45, 7) is 0. The largest absolute Gasteiger partial charge is 0.497 e. The third-order valence-corrected chi connectivity index (χ3v) is 4.47. The summed E-state index contributed by atoms with van der Waals surface area (Å²) in [6.07, 6.45) is 0. The number of hydrazine groups is 1. The molecule has 1 aromatic heterocycles. The molecular weight excluding hydrogens is 342 g/mol. The third-order valence-electron chi connectivity index (χ3n) is 3.53. The van der Waals surface area contributed by atoms with E-state index in [1.165, 1.54) is 25.6 Å². The minimum Gasteiger partial charge on any atom is -0.497 e. The molecule has 0 bridgehead atoms. The number of nitrogens with one attached hydrogen (secondary N) is 2. The van der Waals surface area contributed by atoms with Crippen LogP contribution in [-0.4, -0.2) is 32.2 Å². The Labute approximate surface area is 148 Å². The summed E-state index contributed by atoms with van der Waals surface area (Å²) in [6, 6.07) is 10.7. The van der Waals surface area contributed by atoms with E-state index in [-0.39, 0.29) is 5.91 Å². The van der Waals surface area contributed by atoms with E-state index in [9.17, 15) is 4.79 Å². The number of anilines is 1. The molecule has 0 aliphatic heterocycles. The van der Waals surface area contributed by atoms with Gasteiger partial charge in [-0.05, 0) is 30.3 Å². The van der Waals surface area contributed by atoms with Gasteiger partial charge in [0.2, 0.25) is 5.13 Å². The van der Waals surface area contributed by atoms with Crippen LogP contribution < -0.4 is 25.1 Å². The summed E-state index contributed by atoms with van der Waals surface area (Å²) in [4.78, 5) is 16.9. The molecule has 1 heterocycles. The molecule has 3 aromatic rings. The topological polar surface area (TPSA) is 81.7 Å². The molecule has 0 unspecified atom stereocenters. The van der Waals surface area contributed by atoms with Gasteiger partial charge in [0, 0.05) is 0 Å². The number of thiazole rings is 1. The first kappa shape index (κ1) is 16.8. The van der Waals surface area contributed by atoms with Gasteiger partial charge in [-0.1, -0.05) is 17.4 Å². The Bertz CT molecular complexity index is 888. The molecule has 2 aromatic carbocycles. The van der Waals surface area contributed by atoms with Gasteiger partial charge in [0.05, 0.1) is 31.5 Å². The summed E-state index contributed by atoms with van der Waals surface area (Å²) < 4.78 is 16.6. The number of fused-ring (bicyclic) bond motifs is 1. The van der Waals surface area contributed by atoms with E-state index in [0.29, 0.717) is 22.2 Å². The zero-order valence-corrected chi connectivity index (χ0v) is 14.8. The number of ether oxygens (including phenoxy) is 3. The Kier molecular flexibility index (Phi) is 4.90. The van der Waals surface area contributed by atoms with Gasteiger partial charge in [0.1, 0.15) is 22.8 Å². The van der Waals surface area contributed by atoms with Crippen molar-refractivity contribution in [2.45, 2.75) is 0 Å². The van der Waals surface area contributed by atoms with Crippen LogP contribution in [0.2, 0.25) is 0 Å². The van der Waals surface area contributed by atoms with Gasteiger partial charge in [0.15, 0.2) is 0 Å². The normalized spacial score (nSPS) is 10.4. The SMILES string of the molecule is COc1ccc2nc(NNC(=O)c3c(OC)cccc3OC)sc2c1. The van der Waals surface area contributed by atoms with Crippen molar-refractivity contribution in [2.24, 2.45) is 0 Å². The maximum Gasteiger partial charge on any atom is 0.277 e. The van der Waals surface area contributed by atoms with Crippen LogP contribution in [0.4, 0.5) is 5.13 Å². The van der Waals surface area contributed by atoms with Gasteiger partial charge in [-0.25, -0.2) is 4.98 Å². The van der Waals surface area contributed by atoms with Crippen molar-refractivity contribution in [2.75, 3.05) is 26.8 Å². The molecular formula is C17H17N3O4S. The summed E-state index contributed by atoms with van der Waals surface area (Å²) in [5.74, 6) is 1.22. The number of benzene rings is 2. The molecule has 0 atom stereocenters. The Balaban J connectivity index is 1.79. The molecule has 3 rings (SSSR count). The predicted molar refractivity (Wildman–Crippen MR) is 96.8 cm³/mol. The van der Waals surface area contributed by atoms with Crippen LogP contribution in [0.25, 0.3) is 10.2 Å². The number of hydrogen-bond acceptors (Lipinski definition) is 7. The quantitative estimate of drug-likeness (QED) is 0.658. The molecule has 2 N–H and O–H groups in total. The lowest BCUT2D eigenvalue weighted by Gasteiger charge is -2.12. The maximum atomic E-state index is 12.5. The van der Waals surface area contributed by atoms with Crippen LogP contribution in [0.5, 0.6) is 17.2 Å². The fraction of sp³-hybridized carbons (Fsp3) is 0.176. The van der Waals surface area contributed by atoms with Gasteiger partial charge in [-0.3, -0.25) is 15.6 Å². The zero-order chi connectivity index (χ0) is 17.8. The van der Waals surface area contributed by atoms with Gasteiger partial charge < -0.3 is 14.2 Å². The van der Waals surface area contributed by atoms with Crippen LogP contribution in [0.3, 0.4) is 0 Å². The van der Waals surface area contributed by atoms with Crippen molar-refractivity contribution in [3.63, 3.8) is 0 Å². The Morgan fingerprint density at radius 1 is 1.04 bits per heavy atom. The highest BCUT2D eigenvalue weighted by molar-refractivity contribution is 7.22. The minimum atomic E-state index is -0.383. The Morgan fingerprint density at radius 3 is 2.40 bits per heavy atom. The van der Waals surface area contributed by atoms with Gasteiger partial charge >= 0.3 is 0 Å². The van der Waals surface area contributed by atoms with Crippen molar-refractivity contribution in [1.82, 2.24) is 10.4 Å². The fourth-order valence-corrected chi connectivity index (χ4v) is 3.18. The average molecular weight is 359 g/mol. The second-order valence-corrected chi connectivity index (χ2v) is 6.00. The van der Waals surface area contributed by atoms with Gasteiger partial charge in [0.25, 0.3) is 5.91 Å². The number of rotatable bonds is 6. The second kappa shape index (κ2) is 7.27. The van der Waals surface area contributed by atoms with Crippen molar-refractivity contribution >= 4 is 32.6 Å². The molecule has 130 valence electrons. The van der Waals surface area contributed by atoms with E-state index in [1.54, 1.807) is 25.3 Å². The monoisotopic (exact) mass is 359 g/mol. The first-order valence-corrected chi connectivity index (χ1v) is 8.20. The molecule has 1 amide bonds. The lowest BCUT2D eigenvalue weighted by molar-refractivity contribution is 0.0956. The predicted octanol–water partition coefficient (Wildman–Crippen LogP) is 3.08. The van der Waals surface area contributed by atoms with Crippen LogP contribution >= 0.6 is 11.3 Å². The van der Waals surface area contributed by atoms with E-state index in [4.69, 9.17) is 14.2 Å². The van der Waals surface area contributed by atoms with E-state index in [2.05, 4.69) is 15.8 Å². The smallest absolute Gasteiger partial charge is 0.277 e. The molecule has 7 nitrogen and oxygen atoms in total. The Morgan fingerprint density at radius 2 is 1.76 bits per heavy atom. The zero-order valence-electron chi connectivity index (χ0n) is 14.0. The van der Waals surface area contributed by atoms with E-state index < -0.39 is 0 Å². The van der Waals surface area contributed by atoms with Gasteiger partial charge in [-0.2, -0.15) is 0 Å². The van der Waals surface area contributed by atoms with Crippen molar-refractivity contribution < 1.29 is 19.0 Å². The summed E-state index contributed by atoms with van der Waals surface area (Å²) in [5.41, 5.74) is 6.58. The Hall–Kier alpha value is -3.00. The number of methoxy groups -OCH3 is 3. The standard InChI is InChI=1S/C17H17N3O4S/c1-22-10-7-8-11-14(9-10)25-17(18-11)20-19-16(21)15-12(23-2)5-4-6-13(15)24-3/h4-9H,1-3H3,(H,18,20)(H,19,21). The van der Waals surface area contributed by atoms with Crippen molar-refractivity contribution in [1.29, 1.82) is 0 Å². The lowest BCUT2D eigenvalue weighted by Crippen LogP contribution is -2.30. The van der Waals surface area contributed by atoms with Crippen LogP contribution in [-0.2, 0) is 0 Å². The van der Waals surface area contributed by atoms with E-state index in [1.807, 2.05) is 18.2 Å². The first-order chi connectivity index (χ1) is 12.2. The summed E-state index contributed by atoms with van der Waals surface area (Å²) in [5, 5.41) is 0.561. The summed E-state index contributed by atoms with van der Waals surface area (Å²) in [7, 11) is 4.61. The molecule has 0 radical (unpaired) electrons. The highest BCUT2D eigenvalue weighted by atomic mass is 32.1. The minimum absolute atomic E-state index is 0.308. The van der Waals surface area contributed by atoms with Crippen LogP contribution in [0.15, 0.2) is 36.4 Å². The van der Waals surface area contributed by atoms with E-state index >= 15 is 0 Å². The number of amides is 1. The molecule has 0 fully saturated rings. The maximum absolute atomic E-state index is 12.5. The number of nitrogens with zero attached hydrogens (tertiary/aromatic N) is 1. The van der Waals surface area contributed by atoms with Gasteiger partial charge in [-0.15, -0.1) is 0 Å². The fourth-order valence-electron chi connectivity index (χ4n) is 2.33. The van der Waals surface area contributed by atoms with Crippen molar-refractivity contribution in [3.05, 3.63) is 42.0 Å². The molecule has 0 saturated carbocycles. The molecule has 0 spiro atoms. The molecule has 8 heteroatoms. The molecule has 0 aliphatic rings. The number of aromatic nitrogens is 1. The lowest BCUT2D eigenvalue weighted by atomic mass is 10.1. The van der Waals surface area contributed by atoms with Crippen molar-refractivity contribution in [3.8, 4) is 17.2 Å². The number of carbonyl (C=O) groups is 1. The third kappa shape index (κ3) is 3.43. The molecule has 25 heavy (non-hydrogen) atoms. The molecule has 0 saturated heterocycles. The molecule has 0 aliphatic carbocycles. The average Bonchev–Trinajstić information content (AvgIpc) is 3.07. The highest BCUT2D eigenvalue weighted by Gasteiger charge is 2.18. The van der Waals surface area contributed by atoms with Crippen LogP contribution in [0.1, 0.15) is 10.4 Å². The number of carbonyl (C=O) groups excluding carboxylic acids is 1. The number of hydrogen-bond donors (Lipinski definition) is 2. The summed E-state index contributed by atoms with van der Waals surface area (Å²) >= 11 is 1.40. The van der Waals surface area contributed by atoms with E-state index in [0.717, 1.165) is 16.0 Å². The first-order valence-electron chi connectivity index (χ1n) is 7.38.